The van der Waals surface area contributed by atoms with E-state index in [-0.39, 0.29) is 11.7 Å². The summed E-state index contributed by atoms with van der Waals surface area (Å²) in [6.07, 6.45) is 7.39. The van der Waals surface area contributed by atoms with Crippen molar-refractivity contribution in [3.8, 4) is 0 Å². The number of aromatic nitrogens is 3. The molecule has 0 spiro atoms. The van der Waals surface area contributed by atoms with Crippen molar-refractivity contribution in [2.45, 2.75) is 31.7 Å². The van der Waals surface area contributed by atoms with Crippen LogP contribution < -0.4 is 10.2 Å². The molecule has 0 amide bonds. The van der Waals surface area contributed by atoms with Gasteiger partial charge in [-0.25, -0.2) is 9.97 Å². The van der Waals surface area contributed by atoms with E-state index in [1.165, 1.54) is 12.8 Å². The monoisotopic (exact) mass is 407 g/mol. The zero-order valence-electron chi connectivity index (χ0n) is 16.0. The molecular formula is C22H22ClN5O. The van der Waals surface area contributed by atoms with Crippen LogP contribution >= 0.6 is 11.6 Å². The van der Waals surface area contributed by atoms with Gasteiger partial charge in [0.25, 0.3) is 0 Å². The Morgan fingerprint density at radius 2 is 1.83 bits per heavy atom. The molecule has 0 unspecified atom stereocenters. The van der Waals surface area contributed by atoms with Crippen molar-refractivity contribution < 1.29 is 4.79 Å². The maximum atomic E-state index is 12.9. The highest BCUT2D eigenvalue weighted by Gasteiger charge is 2.30. The number of halogens is 1. The number of anilines is 2. The predicted molar refractivity (Wildman–Crippen MR) is 115 cm³/mol. The van der Waals surface area contributed by atoms with Crippen LogP contribution in [0.5, 0.6) is 0 Å². The summed E-state index contributed by atoms with van der Waals surface area (Å²) in [6, 6.07) is 9.68. The van der Waals surface area contributed by atoms with Crippen LogP contribution in [0.2, 0.25) is 5.02 Å². The molecule has 1 aliphatic heterocycles. The van der Waals surface area contributed by atoms with Crippen LogP contribution in [0.15, 0.2) is 42.7 Å². The average molecular weight is 408 g/mol. The molecule has 1 aromatic carbocycles. The molecule has 1 saturated carbocycles. The number of rotatable bonds is 5. The molecule has 1 saturated heterocycles. The second-order valence-electron chi connectivity index (χ2n) is 7.78. The molecule has 7 heteroatoms. The van der Waals surface area contributed by atoms with E-state index in [1.54, 1.807) is 18.5 Å². The molecule has 0 bridgehead atoms. The van der Waals surface area contributed by atoms with Crippen molar-refractivity contribution in [3.05, 3.63) is 53.3 Å². The summed E-state index contributed by atoms with van der Waals surface area (Å²) >= 11 is 6.23. The third kappa shape index (κ3) is 3.77. The molecule has 1 N–H and O–H groups in total. The van der Waals surface area contributed by atoms with Gasteiger partial charge >= 0.3 is 0 Å². The second kappa shape index (κ2) is 7.59. The van der Waals surface area contributed by atoms with Gasteiger partial charge in [0.2, 0.25) is 0 Å². The molecule has 2 aliphatic rings. The zero-order valence-corrected chi connectivity index (χ0v) is 16.8. The number of carbonyl (C=O) groups is 1. The maximum absolute atomic E-state index is 12.9. The van der Waals surface area contributed by atoms with Crippen LogP contribution in [0, 0.1) is 5.92 Å². The normalized spacial score (nSPS) is 17.5. The summed E-state index contributed by atoms with van der Waals surface area (Å²) in [5, 5.41) is 4.05. The minimum atomic E-state index is -0.0129. The van der Waals surface area contributed by atoms with Gasteiger partial charge in [0.05, 0.1) is 16.7 Å². The van der Waals surface area contributed by atoms with Crippen molar-refractivity contribution in [3.63, 3.8) is 0 Å². The number of hydrogen-bond donors (Lipinski definition) is 1. The van der Waals surface area contributed by atoms with Crippen molar-refractivity contribution in [2.75, 3.05) is 23.3 Å². The second-order valence-corrected chi connectivity index (χ2v) is 8.19. The van der Waals surface area contributed by atoms with E-state index >= 15 is 0 Å². The number of ketones is 1. The maximum Gasteiger partial charge on any atom is 0.172 e. The lowest BCUT2D eigenvalue weighted by Crippen LogP contribution is -2.37. The SMILES string of the molecule is O=C(c1ccccc1Cl)C1CCN(c2nc3cnccc3nc2NC2CC2)CC1. The number of Topliss-reactive ketones (excluding diaryl/α,β-unsaturated/α-hetero) is 1. The summed E-state index contributed by atoms with van der Waals surface area (Å²) in [5.74, 6) is 1.82. The first-order valence-electron chi connectivity index (χ1n) is 10.1. The van der Waals surface area contributed by atoms with Crippen LogP contribution in [0.3, 0.4) is 0 Å². The van der Waals surface area contributed by atoms with Gasteiger partial charge in [-0.1, -0.05) is 23.7 Å². The van der Waals surface area contributed by atoms with Crippen molar-refractivity contribution in [1.82, 2.24) is 15.0 Å². The third-order valence-corrected chi connectivity index (χ3v) is 6.00. The standard InChI is InChI=1S/C22H22ClN5O/c23-17-4-2-1-3-16(17)20(29)14-8-11-28(12-9-14)22-21(25-15-5-6-15)26-18-7-10-24-13-19(18)27-22/h1-4,7,10,13-15H,5-6,8-9,11-12H2,(H,25,26). The Morgan fingerprint density at radius 3 is 2.59 bits per heavy atom. The molecule has 0 atom stereocenters. The Kier molecular flexibility index (Phi) is 4.79. The summed E-state index contributed by atoms with van der Waals surface area (Å²) in [4.78, 5) is 29.0. The van der Waals surface area contributed by atoms with Crippen LogP contribution in [-0.4, -0.2) is 39.9 Å². The number of benzene rings is 1. The van der Waals surface area contributed by atoms with Crippen LogP contribution in [0.1, 0.15) is 36.0 Å². The molecule has 6 nitrogen and oxygen atoms in total. The highest BCUT2D eigenvalue weighted by atomic mass is 35.5. The van der Waals surface area contributed by atoms with E-state index in [0.29, 0.717) is 16.6 Å². The highest BCUT2D eigenvalue weighted by Crippen LogP contribution is 2.33. The van der Waals surface area contributed by atoms with Crippen LogP contribution in [-0.2, 0) is 0 Å². The van der Waals surface area contributed by atoms with E-state index in [1.807, 2.05) is 24.3 Å². The Hall–Kier alpha value is -2.73. The molecule has 3 aromatic rings. The topological polar surface area (TPSA) is 71.0 Å². The summed E-state index contributed by atoms with van der Waals surface area (Å²) in [6.45, 7) is 1.53. The van der Waals surface area contributed by atoms with Gasteiger partial charge in [0.1, 0.15) is 5.52 Å². The molecule has 1 aliphatic carbocycles. The van der Waals surface area contributed by atoms with E-state index in [2.05, 4.69) is 15.2 Å². The number of hydrogen-bond acceptors (Lipinski definition) is 6. The van der Waals surface area contributed by atoms with Crippen molar-refractivity contribution in [1.29, 1.82) is 0 Å². The first-order chi connectivity index (χ1) is 14.2. The first-order valence-corrected chi connectivity index (χ1v) is 10.5. The smallest absolute Gasteiger partial charge is 0.172 e. The molecule has 148 valence electrons. The Morgan fingerprint density at radius 1 is 1.03 bits per heavy atom. The van der Waals surface area contributed by atoms with Crippen LogP contribution in [0.25, 0.3) is 11.0 Å². The predicted octanol–water partition coefficient (Wildman–Crippen LogP) is 4.35. The van der Waals surface area contributed by atoms with Crippen molar-refractivity contribution in [2.24, 2.45) is 5.92 Å². The first kappa shape index (κ1) is 18.3. The largest absolute Gasteiger partial charge is 0.364 e. The molecule has 0 radical (unpaired) electrons. The molecule has 29 heavy (non-hydrogen) atoms. The van der Waals surface area contributed by atoms with Gasteiger partial charge in [-0.15, -0.1) is 0 Å². The van der Waals surface area contributed by atoms with E-state index in [9.17, 15) is 4.79 Å². The number of pyridine rings is 1. The van der Waals surface area contributed by atoms with Crippen molar-refractivity contribution >= 4 is 40.1 Å². The number of nitrogens with one attached hydrogen (secondary N) is 1. The lowest BCUT2D eigenvalue weighted by Gasteiger charge is -2.33. The molecular weight excluding hydrogens is 386 g/mol. The van der Waals surface area contributed by atoms with Crippen LogP contribution in [0.4, 0.5) is 11.6 Å². The van der Waals surface area contributed by atoms with Gasteiger partial charge in [-0.2, -0.15) is 0 Å². The molecule has 2 aromatic heterocycles. The fraction of sp³-hybridized carbons (Fsp3) is 0.364. The highest BCUT2D eigenvalue weighted by molar-refractivity contribution is 6.34. The van der Waals surface area contributed by atoms with Gasteiger partial charge in [0.15, 0.2) is 17.4 Å². The quantitative estimate of drug-likeness (QED) is 0.634. The number of fused-ring (bicyclic) bond motifs is 1. The fourth-order valence-electron chi connectivity index (χ4n) is 3.87. The lowest BCUT2D eigenvalue weighted by atomic mass is 9.89. The Bertz CT molecular complexity index is 1060. The van der Waals surface area contributed by atoms with E-state index < -0.39 is 0 Å². The average Bonchev–Trinajstić information content (AvgIpc) is 3.57. The van der Waals surface area contributed by atoms with Gasteiger partial charge in [-0.3, -0.25) is 9.78 Å². The van der Waals surface area contributed by atoms with Gasteiger partial charge in [-0.05, 0) is 43.9 Å². The van der Waals surface area contributed by atoms with E-state index in [4.69, 9.17) is 21.6 Å². The minimum absolute atomic E-state index is 0.0129. The number of piperidine rings is 1. The Balaban J connectivity index is 1.37. The minimum Gasteiger partial charge on any atom is -0.364 e. The Labute approximate surface area is 174 Å². The van der Waals surface area contributed by atoms with E-state index in [0.717, 1.165) is 48.6 Å². The summed E-state index contributed by atoms with van der Waals surface area (Å²) < 4.78 is 0. The molecule has 2 fully saturated rings. The molecule has 5 rings (SSSR count). The zero-order chi connectivity index (χ0) is 19.8. The summed E-state index contributed by atoms with van der Waals surface area (Å²) in [7, 11) is 0. The van der Waals surface area contributed by atoms with Gasteiger partial charge < -0.3 is 10.2 Å². The molecule has 3 heterocycles. The number of nitrogens with zero attached hydrogens (tertiary/aromatic N) is 4. The lowest BCUT2D eigenvalue weighted by molar-refractivity contribution is 0.0900. The third-order valence-electron chi connectivity index (χ3n) is 5.67. The van der Waals surface area contributed by atoms with Gasteiger partial charge in [0, 0.05) is 36.8 Å². The summed E-state index contributed by atoms with van der Waals surface area (Å²) in [5.41, 5.74) is 2.26. The fourth-order valence-corrected chi connectivity index (χ4v) is 4.10. The number of carbonyl (C=O) groups excluding carboxylic acids is 1.